The van der Waals surface area contributed by atoms with Crippen molar-refractivity contribution in [2.45, 2.75) is 12.6 Å². The maximum absolute atomic E-state index is 14.1. The van der Waals surface area contributed by atoms with E-state index in [0.29, 0.717) is 12.2 Å². The molecule has 0 unspecified atom stereocenters. The molecule has 1 fully saturated rings. The van der Waals surface area contributed by atoms with Crippen molar-refractivity contribution in [2.24, 2.45) is 0 Å². The van der Waals surface area contributed by atoms with Crippen molar-refractivity contribution in [3.05, 3.63) is 42.2 Å². The lowest BCUT2D eigenvalue weighted by atomic mass is 10.2. The zero-order valence-electron chi connectivity index (χ0n) is 12.6. The van der Waals surface area contributed by atoms with Gasteiger partial charge in [-0.05, 0) is 24.7 Å². The Morgan fingerprint density at radius 3 is 3.09 bits per heavy atom. The lowest BCUT2D eigenvalue weighted by molar-refractivity contribution is -0.0182. The van der Waals surface area contributed by atoms with E-state index < -0.39 is 0 Å². The second kappa shape index (κ2) is 6.95. The van der Waals surface area contributed by atoms with Crippen LogP contribution in [-0.2, 0) is 11.3 Å². The van der Waals surface area contributed by atoms with Crippen molar-refractivity contribution in [1.82, 2.24) is 25.0 Å². The fourth-order valence-corrected chi connectivity index (χ4v) is 2.55. The van der Waals surface area contributed by atoms with Gasteiger partial charge < -0.3 is 15.0 Å². The Kier molecular flexibility index (Phi) is 4.77. The van der Waals surface area contributed by atoms with E-state index in [1.807, 2.05) is 6.07 Å². The summed E-state index contributed by atoms with van der Waals surface area (Å²) < 4.78 is 21.2. The van der Waals surface area contributed by atoms with Crippen LogP contribution < -0.4 is 5.32 Å². The van der Waals surface area contributed by atoms with Gasteiger partial charge in [0.05, 0.1) is 12.7 Å². The van der Waals surface area contributed by atoms with Crippen LogP contribution in [0.1, 0.15) is 5.56 Å². The van der Waals surface area contributed by atoms with E-state index >= 15 is 0 Å². The van der Waals surface area contributed by atoms with Gasteiger partial charge in [-0.25, -0.2) is 14.1 Å². The summed E-state index contributed by atoms with van der Waals surface area (Å²) in [5.74, 6) is -0.307. The summed E-state index contributed by atoms with van der Waals surface area (Å²) in [6.45, 7) is 4.04. The number of nitrogens with zero attached hydrogens (tertiary/aromatic N) is 4. The summed E-state index contributed by atoms with van der Waals surface area (Å²) in [6, 6.07) is 5.13. The topological polar surface area (TPSA) is 55.2 Å². The number of rotatable bonds is 5. The smallest absolute Gasteiger partial charge is 0.149 e. The minimum atomic E-state index is -0.307. The quantitative estimate of drug-likeness (QED) is 0.886. The molecule has 1 saturated heterocycles. The molecule has 0 amide bonds. The van der Waals surface area contributed by atoms with Crippen molar-refractivity contribution >= 4 is 0 Å². The summed E-state index contributed by atoms with van der Waals surface area (Å²) in [7, 11) is 2.09. The summed E-state index contributed by atoms with van der Waals surface area (Å²) in [5, 5.41) is 7.26. The minimum absolute atomic E-state index is 0.193. The van der Waals surface area contributed by atoms with Gasteiger partial charge in [0, 0.05) is 26.2 Å². The van der Waals surface area contributed by atoms with Crippen molar-refractivity contribution in [3.63, 3.8) is 0 Å². The van der Waals surface area contributed by atoms with E-state index in [9.17, 15) is 4.39 Å². The van der Waals surface area contributed by atoms with Crippen molar-refractivity contribution in [3.8, 4) is 5.69 Å². The summed E-state index contributed by atoms with van der Waals surface area (Å²) in [6.07, 6.45) is 3.06. The van der Waals surface area contributed by atoms with Gasteiger partial charge >= 0.3 is 0 Å². The number of likely N-dealkylation sites (N-methyl/N-ethyl adjacent to an activating group) is 1. The van der Waals surface area contributed by atoms with E-state index in [-0.39, 0.29) is 11.9 Å². The third-order valence-corrected chi connectivity index (χ3v) is 3.72. The summed E-state index contributed by atoms with van der Waals surface area (Å²) in [5.41, 5.74) is 1.30. The molecule has 1 aliphatic heterocycles. The highest BCUT2D eigenvalue weighted by Gasteiger charge is 2.17. The molecule has 3 rings (SSSR count). The first-order chi connectivity index (χ1) is 10.7. The Morgan fingerprint density at radius 1 is 1.45 bits per heavy atom. The molecule has 1 N–H and O–H groups in total. The molecule has 2 heterocycles. The number of ether oxygens (including phenoxy) is 1. The Labute approximate surface area is 128 Å². The molecule has 6 nitrogen and oxygen atoms in total. The van der Waals surface area contributed by atoms with Gasteiger partial charge in [0.15, 0.2) is 0 Å². The molecule has 2 aromatic rings. The van der Waals surface area contributed by atoms with Gasteiger partial charge in [-0.2, -0.15) is 5.10 Å². The molecule has 1 aliphatic rings. The molecule has 0 bridgehead atoms. The van der Waals surface area contributed by atoms with Gasteiger partial charge in [-0.3, -0.25) is 0 Å². The van der Waals surface area contributed by atoms with E-state index in [4.69, 9.17) is 4.74 Å². The molecule has 0 saturated carbocycles. The van der Waals surface area contributed by atoms with Crippen LogP contribution in [0.15, 0.2) is 30.9 Å². The first kappa shape index (κ1) is 15.1. The zero-order chi connectivity index (χ0) is 15.4. The highest BCUT2D eigenvalue weighted by molar-refractivity contribution is 5.35. The van der Waals surface area contributed by atoms with Crippen molar-refractivity contribution in [2.75, 3.05) is 33.3 Å². The first-order valence-electron chi connectivity index (χ1n) is 7.36. The lowest BCUT2D eigenvalue weighted by Crippen LogP contribution is -2.44. The average molecular weight is 305 g/mol. The standard InChI is InChI=1S/C15H20FN5O/c1-20-4-5-22-13(9-20)8-17-7-12-2-3-15(14(16)6-12)21-11-18-10-19-21/h2-3,6,10-11,13,17H,4-5,7-9H2,1H3/t13-/m1/s1. The fraction of sp³-hybridized carbons (Fsp3) is 0.467. The molecule has 0 spiro atoms. The van der Waals surface area contributed by atoms with Crippen LogP contribution in [-0.4, -0.2) is 59.1 Å². The molecule has 7 heteroatoms. The Bertz CT molecular complexity index is 604. The van der Waals surface area contributed by atoms with Crippen LogP contribution in [0.2, 0.25) is 0 Å². The molecule has 1 aromatic carbocycles. The summed E-state index contributed by atoms with van der Waals surface area (Å²) >= 11 is 0. The largest absolute Gasteiger partial charge is 0.374 e. The Morgan fingerprint density at radius 2 is 2.36 bits per heavy atom. The van der Waals surface area contributed by atoms with Gasteiger partial charge in [0.25, 0.3) is 0 Å². The third-order valence-electron chi connectivity index (χ3n) is 3.72. The van der Waals surface area contributed by atoms with E-state index in [1.54, 1.807) is 6.07 Å². The van der Waals surface area contributed by atoms with E-state index in [0.717, 1.165) is 31.8 Å². The second-order valence-electron chi connectivity index (χ2n) is 5.51. The number of nitrogens with one attached hydrogen (secondary N) is 1. The van der Waals surface area contributed by atoms with Crippen LogP contribution in [0.3, 0.4) is 0 Å². The molecular formula is C15H20FN5O. The molecular weight excluding hydrogens is 285 g/mol. The van der Waals surface area contributed by atoms with E-state index in [1.165, 1.54) is 23.4 Å². The Balaban J connectivity index is 1.54. The number of aromatic nitrogens is 3. The molecule has 22 heavy (non-hydrogen) atoms. The molecule has 118 valence electrons. The highest BCUT2D eigenvalue weighted by atomic mass is 19.1. The van der Waals surface area contributed by atoms with Crippen LogP contribution in [0, 0.1) is 5.82 Å². The van der Waals surface area contributed by atoms with Gasteiger partial charge in [0.2, 0.25) is 0 Å². The predicted molar refractivity (Wildman–Crippen MR) is 80.3 cm³/mol. The zero-order valence-corrected chi connectivity index (χ0v) is 12.6. The predicted octanol–water partition coefficient (Wildman–Crippen LogP) is 0.827. The third kappa shape index (κ3) is 3.68. The van der Waals surface area contributed by atoms with Crippen LogP contribution in [0.25, 0.3) is 5.69 Å². The second-order valence-corrected chi connectivity index (χ2v) is 5.51. The first-order valence-corrected chi connectivity index (χ1v) is 7.36. The molecule has 0 radical (unpaired) electrons. The molecule has 1 atom stereocenters. The highest BCUT2D eigenvalue weighted by Crippen LogP contribution is 2.14. The Hall–Kier alpha value is -1.83. The maximum Gasteiger partial charge on any atom is 0.149 e. The summed E-state index contributed by atoms with van der Waals surface area (Å²) in [4.78, 5) is 6.08. The molecule has 0 aliphatic carbocycles. The van der Waals surface area contributed by atoms with Gasteiger partial charge in [-0.1, -0.05) is 6.07 Å². The van der Waals surface area contributed by atoms with Crippen molar-refractivity contribution in [1.29, 1.82) is 0 Å². The fourth-order valence-electron chi connectivity index (χ4n) is 2.55. The van der Waals surface area contributed by atoms with Crippen molar-refractivity contribution < 1.29 is 9.13 Å². The number of hydrogen-bond donors (Lipinski definition) is 1. The number of hydrogen-bond acceptors (Lipinski definition) is 5. The van der Waals surface area contributed by atoms with Gasteiger partial charge in [-0.15, -0.1) is 0 Å². The number of benzene rings is 1. The number of halogens is 1. The lowest BCUT2D eigenvalue weighted by Gasteiger charge is -2.30. The number of morpholine rings is 1. The van der Waals surface area contributed by atoms with Crippen LogP contribution in [0.4, 0.5) is 4.39 Å². The van der Waals surface area contributed by atoms with Crippen LogP contribution in [0.5, 0.6) is 0 Å². The van der Waals surface area contributed by atoms with E-state index in [2.05, 4.69) is 27.3 Å². The molecule has 1 aromatic heterocycles. The monoisotopic (exact) mass is 305 g/mol. The maximum atomic E-state index is 14.1. The van der Waals surface area contributed by atoms with Gasteiger partial charge in [0.1, 0.15) is 24.2 Å². The minimum Gasteiger partial charge on any atom is -0.374 e. The normalized spacial score (nSPS) is 19.5. The van der Waals surface area contributed by atoms with Crippen LogP contribution >= 0.6 is 0 Å². The SMILES string of the molecule is CN1CCO[C@H](CNCc2ccc(-n3cncn3)c(F)c2)C1. The average Bonchev–Trinajstić information content (AvgIpc) is 3.01.